The molecule has 2 aliphatic heterocycles. The minimum atomic E-state index is 0.182. The summed E-state index contributed by atoms with van der Waals surface area (Å²) in [6, 6.07) is 4.81. The summed E-state index contributed by atoms with van der Waals surface area (Å²) >= 11 is 0. The fourth-order valence-corrected chi connectivity index (χ4v) is 5.54. The predicted octanol–water partition coefficient (Wildman–Crippen LogP) is 3.91. The number of hydrogen-bond donors (Lipinski definition) is 0. The van der Waals surface area contributed by atoms with Crippen LogP contribution in [0.15, 0.2) is 24.5 Å². The van der Waals surface area contributed by atoms with Crippen LogP contribution in [0, 0.1) is 13.8 Å². The number of hydrogen-bond acceptors (Lipinski definition) is 5. The van der Waals surface area contributed by atoms with Gasteiger partial charge in [0.05, 0.1) is 0 Å². The van der Waals surface area contributed by atoms with Crippen molar-refractivity contribution in [3.05, 3.63) is 46.8 Å². The maximum atomic E-state index is 13.2. The molecule has 7 nitrogen and oxygen atoms in total. The van der Waals surface area contributed by atoms with Crippen molar-refractivity contribution in [3.8, 4) is 0 Å². The average molecular weight is 461 g/mol. The zero-order valence-corrected chi connectivity index (χ0v) is 20.5. The number of urea groups is 1. The van der Waals surface area contributed by atoms with Gasteiger partial charge in [-0.05, 0) is 73.6 Å². The van der Waals surface area contributed by atoms with E-state index in [1.165, 1.54) is 47.9 Å². The molecule has 2 aromatic heterocycles. The van der Waals surface area contributed by atoms with Crippen molar-refractivity contribution in [2.75, 3.05) is 62.2 Å². The van der Waals surface area contributed by atoms with E-state index in [4.69, 9.17) is 9.97 Å². The van der Waals surface area contributed by atoms with E-state index < -0.39 is 0 Å². The van der Waals surface area contributed by atoms with E-state index in [9.17, 15) is 4.79 Å². The Morgan fingerprint density at radius 2 is 1.06 bits per heavy atom. The van der Waals surface area contributed by atoms with Crippen molar-refractivity contribution in [2.45, 2.75) is 51.4 Å². The molecule has 4 fully saturated rings. The van der Waals surface area contributed by atoms with Gasteiger partial charge in [0.15, 0.2) is 0 Å². The molecule has 2 amide bonds. The molecule has 0 N–H and O–H groups in total. The van der Waals surface area contributed by atoms with Crippen LogP contribution >= 0.6 is 0 Å². The monoisotopic (exact) mass is 460 g/mol. The molecular weight excluding hydrogens is 424 g/mol. The molecule has 4 aliphatic rings. The molecule has 0 radical (unpaired) electrons. The zero-order valence-electron chi connectivity index (χ0n) is 20.5. The van der Waals surface area contributed by atoms with Crippen LogP contribution < -0.4 is 9.80 Å². The Morgan fingerprint density at radius 1 is 0.676 bits per heavy atom. The van der Waals surface area contributed by atoms with Gasteiger partial charge in [-0.1, -0.05) is 12.1 Å². The minimum Gasteiger partial charge on any atom is -0.353 e. The average Bonchev–Trinajstić information content (AvgIpc) is 3.77. The Hall–Kier alpha value is -2.83. The second-order valence-corrected chi connectivity index (χ2v) is 10.6. The number of aromatic nitrogens is 2. The van der Waals surface area contributed by atoms with Crippen LogP contribution in [0.3, 0.4) is 0 Å². The molecule has 34 heavy (non-hydrogen) atoms. The van der Waals surface area contributed by atoms with E-state index in [1.807, 2.05) is 9.80 Å². The second-order valence-electron chi connectivity index (χ2n) is 10.6. The van der Waals surface area contributed by atoms with Gasteiger partial charge in [0.2, 0.25) is 0 Å². The number of pyridine rings is 2. The van der Waals surface area contributed by atoms with Gasteiger partial charge in [-0.2, -0.15) is 0 Å². The van der Waals surface area contributed by atoms with E-state index >= 15 is 0 Å². The fraction of sp³-hybridized carbons (Fsp3) is 0.593. The molecule has 0 aromatic carbocycles. The second kappa shape index (κ2) is 8.75. The number of piperazine rings is 2. The van der Waals surface area contributed by atoms with Gasteiger partial charge in [-0.15, -0.1) is 0 Å². The van der Waals surface area contributed by atoms with Gasteiger partial charge in [-0.3, -0.25) is 0 Å². The van der Waals surface area contributed by atoms with Crippen molar-refractivity contribution in [1.29, 1.82) is 0 Å². The third-order valence-corrected chi connectivity index (χ3v) is 7.94. The molecule has 180 valence electrons. The molecule has 7 heteroatoms. The van der Waals surface area contributed by atoms with Crippen LogP contribution in [-0.4, -0.2) is 78.2 Å². The molecule has 2 saturated carbocycles. The van der Waals surface area contributed by atoms with E-state index in [1.54, 1.807) is 0 Å². The van der Waals surface area contributed by atoms with Gasteiger partial charge >= 0.3 is 6.03 Å². The number of rotatable bonds is 4. The highest BCUT2D eigenvalue weighted by Gasteiger charge is 2.30. The van der Waals surface area contributed by atoms with Crippen LogP contribution in [0.5, 0.6) is 0 Å². The molecule has 2 saturated heterocycles. The third-order valence-electron chi connectivity index (χ3n) is 7.94. The third kappa shape index (κ3) is 4.32. The lowest BCUT2D eigenvalue weighted by Gasteiger charge is -2.41. The van der Waals surface area contributed by atoms with Crippen LogP contribution in [0.4, 0.5) is 16.4 Å². The Bertz CT molecular complexity index is 979. The molecule has 2 aromatic rings. The van der Waals surface area contributed by atoms with Gasteiger partial charge in [-0.25, -0.2) is 14.8 Å². The van der Waals surface area contributed by atoms with Crippen molar-refractivity contribution in [2.24, 2.45) is 0 Å². The number of aryl methyl sites for hydroxylation is 2. The summed E-state index contributed by atoms with van der Waals surface area (Å²) in [5, 5.41) is 0. The molecule has 0 atom stereocenters. The number of carbonyl (C=O) groups excluding carboxylic acids is 1. The highest BCUT2D eigenvalue weighted by Crippen LogP contribution is 2.41. The number of carbonyl (C=O) groups is 1. The first-order valence-electron chi connectivity index (χ1n) is 13.0. The molecule has 0 bridgehead atoms. The first-order valence-corrected chi connectivity index (χ1v) is 13.0. The van der Waals surface area contributed by atoms with E-state index in [0.29, 0.717) is 0 Å². The first kappa shape index (κ1) is 21.7. The SMILES string of the molecule is Cc1cc(C2CC2)cnc1N1CCN(C(=O)N2CCN(c3ncc(C4CC4)cc3C)CC2)CC1. The summed E-state index contributed by atoms with van der Waals surface area (Å²) < 4.78 is 0. The number of nitrogens with zero attached hydrogens (tertiary/aromatic N) is 6. The van der Waals surface area contributed by atoms with Gasteiger partial charge < -0.3 is 19.6 Å². The van der Waals surface area contributed by atoms with E-state index in [0.717, 1.165) is 75.8 Å². The van der Waals surface area contributed by atoms with Crippen LogP contribution in [0.2, 0.25) is 0 Å². The fourth-order valence-electron chi connectivity index (χ4n) is 5.54. The summed E-state index contributed by atoms with van der Waals surface area (Å²) in [5.74, 6) is 3.63. The quantitative estimate of drug-likeness (QED) is 0.692. The van der Waals surface area contributed by atoms with E-state index in [-0.39, 0.29) is 6.03 Å². The Kier molecular flexibility index (Phi) is 5.58. The molecule has 0 unspecified atom stereocenters. The summed E-state index contributed by atoms with van der Waals surface area (Å²) in [6.07, 6.45) is 9.34. The lowest BCUT2D eigenvalue weighted by atomic mass is 10.1. The topological polar surface area (TPSA) is 55.8 Å². The zero-order chi connectivity index (χ0) is 23.2. The number of anilines is 2. The summed E-state index contributed by atoms with van der Waals surface area (Å²) in [6.45, 7) is 10.8. The largest absolute Gasteiger partial charge is 0.353 e. The van der Waals surface area contributed by atoms with Crippen LogP contribution in [0.25, 0.3) is 0 Å². The predicted molar refractivity (Wildman–Crippen MR) is 135 cm³/mol. The molecule has 2 aliphatic carbocycles. The minimum absolute atomic E-state index is 0.182. The molecular formula is C27H36N6O. The van der Waals surface area contributed by atoms with Crippen LogP contribution in [-0.2, 0) is 0 Å². The Labute approximate surface area is 202 Å². The van der Waals surface area contributed by atoms with Crippen molar-refractivity contribution in [3.63, 3.8) is 0 Å². The van der Waals surface area contributed by atoms with Crippen molar-refractivity contribution >= 4 is 17.7 Å². The normalized spacial score (nSPS) is 21.2. The molecule has 0 spiro atoms. The molecule has 6 rings (SSSR count). The van der Waals surface area contributed by atoms with Gasteiger partial charge in [0.25, 0.3) is 0 Å². The maximum Gasteiger partial charge on any atom is 0.320 e. The highest BCUT2D eigenvalue weighted by molar-refractivity contribution is 5.75. The van der Waals surface area contributed by atoms with E-state index in [2.05, 4.69) is 48.2 Å². The lowest BCUT2D eigenvalue weighted by molar-refractivity contribution is 0.147. The van der Waals surface area contributed by atoms with Crippen molar-refractivity contribution < 1.29 is 4.79 Å². The van der Waals surface area contributed by atoms with Gasteiger partial charge in [0.1, 0.15) is 11.6 Å². The Balaban J connectivity index is 1.02. The lowest BCUT2D eigenvalue weighted by Crippen LogP contribution is -2.57. The van der Waals surface area contributed by atoms with Gasteiger partial charge in [0, 0.05) is 64.8 Å². The summed E-state index contributed by atoms with van der Waals surface area (Å²) in [5.41, 5.74) is 5.29. The maximum absolute atomic E-state index is 13.2. The summed E-state index contributed by atoms with van der Waals surface area (Å²) in [4.78, 5) is 31.5. The summed E-state index contributed by atoms with van der Waals surface area (Å²) in [7, 11) is 0. The van der Waals surface area contributed by atoms with Crippen molar-refractivity contribution in [1.82, 2.24) is 19.8 Å². The molecule has 4 heterocycles. The Morgan fingerprint density at radius 3 is 1.38 bits per heavy atom. The number of amides is 2. The first-order chi connectivity index (χ1) is 16.6. The highest BCUT2D eigenvalue weighted by atomic mass is 16.2. The standard InChI is InChI=1S/C27H36N6O/c1-19-15-23(21-3-4-21)17-28-25(19)30-7-11-32(12-8-30)27(34)33-13-9-31(10-14-33)26-20(2)16-24(18-29-26)22-5-6-22/h15-18,21-22H,3-14H2,1-2H3. The smallest absolute Gasteiger partial charge is 0.320 e. The van der Waals surface area contributed by atoms with Crippen LogP contribution in [0.1, 0.15) is 59.8 Å².